The Morgan fingerprint density at radius 1 is 0.667 bits per heavy atom. The van der Waals surface area contributed by atoms with Gasteiger partial charge in [-0.25, -0.2) is 0 Å². The van der Waals surface area contributed by atoms with Crippen molar-refractivity contribution in [2.45, 2.75) is 218 Å². The van der Waals surface area contributed by atoms with Crippen LogP contribution in [-0.2, 0) is 14.3 Å². The molecule has 0 radical (unpaired) electrons. The maximum atomic E-state index is 12.8. The second-order valence-corrected chi connectivity index (χ2v) is 13.6. The van der Waals surface area contributed by atoms with Gasteiger partial charge in [-0.15, -0.1) is 0 Å². The van der Waals surface area contributed by atoms with Crippen molar-refractivity contribution >= 4 is 5.91 Å². The van der Waals surface area contributed by atoms with Crippen molar-refractivity contribution in [2.75, 3.05) is 13.2 Å². The van der Waals surface area contributed by atoms with E-state index < -0.39 is 36.7 Å². The van der Waals surface area contributed by atoms with Gasteiger partial charge in [0.2, 0.25) is 5.91 Å². The van der Waals surface area contributed by atoms with Crippen LogP contribution in [0.4, 0.5) is 0 Å². The summed E-state index contributed by atoms with van der Waals surface area (Å²) in [6, 6.07) is -0.637. The van der Waals surface area contributed by atoms with E-state index in [0.29, 0.717) is 12.8 Å². The molecule has 1 rings (SSSR count). The summed E-state index contributed by atoms with van der Waals surface area (Å²) < 4.78 is 11.1. The monoisotopic (exact) mass is 644 g/mol. The van der Waals surface area contributed by atoms with E-state index in [4.69, 9.17) is 9.47 Å². The number of aliphatic hydroxyl groups excluding tert-OH is 4. The molecule has 0 aliphatic carbocycles. The number of ether oxygens (including phenoxy) is 2. The number of unbranched alkanes of at least 4 members (excludes halogenated alkanes) is 22. The van der Waals surface area contributed by atoms with E-state index in [9.17, 15) is 25.2 Å². The van der Waals surface area contributed by atoms with Crippen molar-refractivity contribution in [1.82, 2.24) is 5.32 Å². The molecule has 45 heavy (non-hydrogen) atoms. The number of aliphatic hydroxyl groups is 4. The fourth-order valence-corrected chi connectivity index (χ4v) is 6.17. The van der Waals surface area contributed by atoms with Crippen LogP contribution in [0.25, 0.3) is 0 Å². The number of carbonyl (C=O) groups is 1. The first kappa shape index (κ1) is 42.3. The van der Waals surface area contributed by atoms with Gasteiger partial charge in [-0.3, -0.25) is 4.79 Å². The molecule has 6 atom stereocenters. The molecule has 0 unspecified atom stereocenters. The SMILES string of the molecule is CCCCCCCCCCCCCCC[C@@H](O)[C@@H](CO[C@H]1OC[C@H](O)[C@H](O)[C@H]1O)NC(=O)CCCCCCCCCCCCC. The highest BCUT2D eigenvalue weighted by molar-refractivity contribution is 5.76. The Morgan fingerprint density at radius 2 is 1.09 bits per heavy atom. The third-order valence-corrected chi connectivity index (χ3v) is 9.32. The van der Waals surface area contributed by atoms with Crippen molar-refractivity contribution < 1.29 is 34.7 Å². The summed E-state index contributed by atoms with van der Waals surface area (Å²) in [6.07, 6.45) is 24.9. The van der Waals surface area contributed by atoms with Crippen LogP contribution in [0.15, 0.2) is 0 Å². The molecule has 0 bridgehead atoms. The molecule has 1 aliphatic rings. The number of hydrogen-bond acceptors (Lipinski definition) is 7. The van der Waals surface area contributed by atoms with Crippen LogP contribution in [0.1, 0.15) is 181 Å². The van der Waals surface area contributed by atoms with Crippen LogP contribution in [0.5, 0.6) is 0 Å². The molecule has 0 aromatic carbocycles. The molecule has 1 saturated heterocycles. The smallest absolute Gasteiger partial charge is 0.220 e. The van der Waals surface area contributed by atoms with Gasteiger partial charge >= 0.3 is 0 Å². The topological polar surface area (TPSA) is 128 Å². The van der Waals surface area contributed by atoms with Crippen molar-refractivity contribution in [3.05, 3.63) is 0 Å². The number of carbonyl (C=O) groups excluding carboxylic acids is 1. The zero-order valence-electron chi connectivity index (χ0n) is 29.3. The van der Waals surface area contributed by atoms with Gasteiger partial charge in [0.05, 0.1) is 25.4 Å². The zero-order valence-corrected chi connectivity index (χ0v) is 29.3. The summed E-state index contributed by atoms with van der Waals surface area (Å²) in [5.74, 6) is -0.107. The molecule has 0 aromatic heterocycles. The minimum Gasteiger partial charge on any atom is -0.391 e. The summed E-state index contributed by atoms with van der Waals surface area (Å²) in [5, 5.41) is 43.9. The van der Waals surface area contributed by atoms with E-state index in [0.717, 1.165) is 38.5 Å². The summed E-state index contributed by atoms with van der Waals surface area (Å²) >= 11 is 0. The highest BCUT2D eigenvalue weighted by atomic mass is 16.7. The van der Waals surface area contributed by atoms with E-state index in [1.165, 1.54) is 116 Å². The van der Waals surface area contributed by atoms with E-state index in [1.54, 1.807) is 0 Å². The second-order valence-electron chi connectivity index (χ2n) is 13.6. The Labute approximate surface area is 276 Å². The largest absolute Gasteiger partial charge is 0.391 e. The fraction of sp³-hybridized carbons (Fsp3) is 0.973. The van der Waals surface area contributed by atoms with E-state index in [1.807, 2.05) is 0 Å². The third-order valence-electron chi connectivity index (χ3n) is 9.32. The quantitative estimate of drug-likeness (QED) is 0.0496. The lowest BCUT2D eigenvalue weighted by Gasteiger charge is -2.36. The molecule has 0 saturated carbocycles. The van der Waals surface area contributed by atoms with Gasteiger partial charge in [0.15, 0.2) is 6.29 Å². The maximum absolute atomic E-state index is 12.8. The summed E-state index contributed by atoms with van der Waals surface area (Å²) in [5.41, 5.74) is 0. The fourth-order valence-electron chi connectivity index (χ4n) is 6.17. The maximum Gasteiger partial charge on any atom is 0.220 e. The normalized spacial score (nSPS) is 21.6. The van der Waals surface area contributed by atoms with Gasteiger partial charge in [-0.1, -0.05) is 162 Å². The molecule has 1 fully saturated rings. The van der Waals surface area contributed by atoms with Gasteiger partial charge in [0, 0.05) is 6.42 Å². The average molecular weight is 644 g/mol. The van der Waals surface area contributed by atoms with Crippen LogP contribution in [0.3, 0.4) is 0 Å². The molecule has 8 nitrogen and oxygen atoms in total. The van der Waals surface area contributed by atoms with Crippen LogP contribution in [0.2, 0.25) is 0 Å². The predicted molar refractivity (Wildman–Crippen MR) is 183 cm³/mol. The van der Waals surface area contributed by atoms with Crippen LogP contribution >= 0.6 is 0 Å². The van der Waals surface area contributed by atoms with Crippen molar-refractivity contribution in [2.24, 2.45) is 0 Å². The standard InChI is InChI=1S/C37H73NO7/c1-3-5-7-9-11-13-15-16-18-19-21-23-25-27-32(39)31(29-44-37-36(43)35(42)33(40)30-45-37)38-34(41)28-26-24-22-20-17-14-12-10-8-6-4-2/h31-33,35-37,39-40,42-43H,3-30H2,1-2H3,(H,38,41)/t31-,32-,33+,35+,36-,37+/m1/s1. The molecular formula is C37H73NO7. The molecule has 5 N–H and O–H groups in total. The summed E-state index contributed by atoms with van der Waals surface area (Å²) in [6.45, 7) is 4.30. The first-order valence-electron chi connectivity index (χ1n) is 19.2. The van der Waals surface area contributed by atoms with E-state index in [-0.39, 0.29) is 19.1 Å². The number of hydrogen-bond donors (Lipinski definition) is 5. The van der Waals surface area contributed by atoms with Gasteiger partial charge < -0.3 is 35.2 Å². The number of rotatable bonds is 31. The Bertz CT molecular complexity index is 667. The minimum atomic E-state index is -1.40. The first-order valence-corrected chi connectivity index (χ1v) is 19.2. The molecule has 0 aromatic rings. The second kappa shape index (κ2) is 29.4. The Kier molecular flexibility index (Phi) is 27.6. The average Bonchev–Trinajstić information content (AvgIpc) is 3.03. The van der Waals surface area contributed by atoms with Gasteiger partial charge in [-0.05, 0) is 12.8 Å². The third kappa shape index (κ3) is 22.4. The highest BCUT2D eigenvalue weighted by Gasteiger charge is 2.38. The summed E-state index contributed by atoms with van der Waals surface area (Å²) in [4.78, 5) is 12.8. The zero-order chi connectivity index (χ0) is 33.0. The first-order chi connectivity index (χ1) is 21.9. The number of nitrogens with one attached hydrogen (secondary N) is 1. The molecule has 1 heterocycles. The molecule has 8 heteroatoms. The van der Waals surface area contributed by atoms with Gasteiger partial charge in [0.25, 0.3) is 0 Å². The minimum absolute atomic E-state index is 0.0475. The van der Waals surface area contributed by atoms with E-state index in [2.05, 4.69) is 19.2 Å². The van der Waals surface area contributed by atoms with Crippen molar-refractivity contribution in [1.29, 1.82) is 0 Å². The van der Waals surface area contributed by atoms with Gasteiger partial charge in [0.1, 0.15) is 18.3 Å². The van der Waals surface area contributed by atoms with E-state index >= 15 is 0 Å². The Morgan fingerprint density at radius 3 is 1.56 bits per heavy atom. The van der Waals surface area contributed by atoms with Crippen molar-refractivity contribution in [3.63, 3.8) is 0 Å². The van der Waals surface area contributed by atoms with Crippen LogP contribution in [-0.4, -0.2) is 76.3 Å². The lowest BCUT2D eigenvalue weighted by Crippen LogP contribution is -2.55. The lowest BCUT2D eigenvalue weighted by molar-refractivity contribution is -0.272. The van der Waals surface area contributed by atoms with Crippen LogP contribution < -0.4 is 5.32 Å². The lowest BCUT2D eigenvalue weighted by atomic mass is 10.0. The van der Waals surface area contributed by atoms with Crippen molar-refractivity contribution in [3.8, 4) is 0 Å². The highest BCUT2D eigenvalue weighted by Crippen LogP contribution is 2.19. The molecule has 268 valence electrons. The van der Waals surface area contributed by atoms with Gasteiger partial charge in [-0.2, -0.15) is 0 Å². The van der Waals surface area contributed by atoms with Crippen LogP contribution in [0, 0.1) is 0 Å². The Hall–Kier alpha value is -0.770. The Balaban J connectivity index is 2.32. The molecule has 1 aliphatic heterocycles. The molecular weight excluding hydrogens is 570 g/mol. The molecule has 1 amide bonds. The predicted octanol–water partition coefficient (Wildman–Crippen LogP) is 7.47. The number of amides is 1. The summed E-state index contributed by atoms with van der Waals surface area (Å²) in [7, 11) is 0. The molecule has 0 spiro atoms.